The highest BCUT2D eigenvalue weighted by Crippen LogP contribution is 2.30. The summed E-state index contributed by atoms with van der Waals surface area (Å²) in [6.45, 7) is 3.75. The zero-order valence-electron chi connectivity index (χ0n) is 19.6. The van der Waals surface area contributed by atoms with Crippen LogP contribution in [0.15, 0.2) is 79.3 Å². The van der Waals surface area contributed by atoms with E-state index in [0.717, 1.165) is 55.2 Å². The number of aromatic nitrogens is 4. The van der Waals surface area contributed by atoms with Gasteiger partial charge in [0.05, 0.1) is 0 Å². The molecular weight excluding hydrogens is 431 g/mol. The molecule has 6 rings (SSSR count). The van der Waals surface area contributed by atoms with E-state index in [1.807, 2.05) is 12.3 Å². The average molecular weight is 458 g/mol. The first-order chi connectivity index (χ1) is 17.2. The van der Waals surface area contributed by atoms with Gasteiger partial charge in [0.25, 0.3) is 0 Å². The Morgan fingerprint density at radius 2 is 1.77 bits per heavy atom. The normalized spacial score (nSPS) is 15.1. The lowest BCUT2D eigenvalue weighted by molar-refractivity contribution is 0.203. The number of nitrogens with one attached hydrogen (secondary N) is 1. The van der Waals surface area contributed by atoms with E-state index in [2.05, 4.69) is 74.9 Å². The highest BCUT2D eigenvalue weighted by atomic mass is 15.3. The van der Waals surface area contributed by atoms with Gasteiger partial charge in [-0.1, -0.05) is 42.5 Å². The summed E-state index contributed by atoms with van der Waals surface area (Å²) in [7, 11) is 6.21. The summed E-state index contributed by atoms with van der Waals surface area (Å²) in [5, 5.41) is 10.5. The lowest BCUT2D eigenvalue weighted by atomic mass is 9.92. The molecule has 0 saturated carbocycles. The van der Waals surface area contributed by atoms with Crippen LogP contribution in [0.1, 0.15) is 35.6 Å². The summed E-state index contributed by atoms with van der Waals surface area (Å²) in [4.78, 5) is 11.7. The molecule has 4 heterocycles. The number of likely N-dealkylation sites (tertiary alicyclic amines) is 1. The Hall–Kier alpha value is -3.71. The van der Waals surface area contributed by atoms with Crippen LogP contribution in [-0.2, 0) is 13.1 Å². The number of hydrogen-bond acceptors (Lipinski definition) is 5. The van der Waals surface area contributed by atoms with Gasteiger partial charge >= 0.3 is 0 Å². The molecule has 0 spiro atoms. The van der Waals surface area contributed by atoms with Crippen molar-refractivity contribution >= 4 is 35.5 Å². The minimum atomic E-state index is 0.404. The molecular formula is C28H27BN6. The molecule has 0 amide bonds. The maximum absolute atomic E-state index is 6.21. The third kappa shape index (κ3) is 4.64. The quantitative estimate of drug-likeness (QED) is 0.389. The molecule has 7 heteroatoms. The molecule has 1 fully saturated rings. The van der Waals surface area contributed by atoms with Crippen LogP contribution in [0.3, 0.4) is 0 Å². The van der Waals surface area contributed by atoms with Gasteiger partial charge in [-0.3, -0.25) is 9.88 Å². The number of pyridine rings is 1. The molecule has 35 heavy (non-hydrogen) atoms. The second kappa shape index (κ2) is 9.51. The van der Waals surface area contributed by atoms with E-state index in [9.17, 15) is 0 Å². The number of anilines is 1. The number of nitrogens with zero attached hydrogens (tertiary/aromatic N) is 5. The van der Waals surface area contributed by atoms with Crippen molar-refractivity contribution < 1.29 is 0 Å². The number of hydrogen-bond donors (Lipinski definition) is 1. The van der Waals surface area contributed by atoms with Gasteiger partial charge in [0.2, 0.25) is 0 Å². The molecule has 0 aliphatic carbocycles. The minimum absolute atomic E-state index is 0.404. The van der Waals surface area contributed by atoms with Crippen molar-refractivity contribution in [3.63, 3.8) is 0 Å². The summed E-state index contributed by atoms with van der Waals surface area (Å²) < 4.78 is 1.80. The summed E-state index contributed by atoms with van der Waals surface area (Å²) in [5.74, 6) is 1.31. The molecule has 6 nitrogen and oxygen atoms in total. The van der Waals surface area contributed by atoms with Gasteiger partial charge in [-0.2, -0.15) is 9.61 Å². The lowest BCUT2D eigenvalue weighted by Gasteiger charge is -2.32. The van der Waals surface area contributed by atoms with Crippen LogP contribution in [0.2, 0.25) is 0 Å². The number of piperidine rings is 1. The van der Waals surface area contributed by atoms with Gasteiger partial charge in [0.1, 0.15) is 19.3 Å². The van der Waals surface area contributed by atoms with Gasteiger partial charge in [-0.05, 0) is 65.4 Å². The van der Waals surface area contributed by atoms with Crippen LogP contribution in [0.4, 0.5) is 5.82 Å². The average Bonchev–Trinajstić information content (AvgIpc) is 3.29. The second-order valence-corrected chi connectivity index (χ2v) is 9.35. The highest BCUT2D eigenvalue weighted by molar-refractivity contribution is 6.36. The van der Waals surface area contributed by atoms with Crippen molar-refractivity contribution in [1.29, 1.82) is 0 Å². The maximum Gasteiger partial charge on any atom is 0.150 e. The van der Waals surface area contributed by atoms with Crippen LogP contribution in [0, 0.1) is 0 Å². The van der Waals surface area contributed by atoms with E-state index < -0.39 is 0 Å². The predicted octanol–water partition coefficient (Wildman–Crippen LogP) is 4.06. The number of rotatable bonds is 6. The van der Waals surface area contributed by atoms with Crippen molar-refractivity contribution in [3.05, 3.63) is 96.1 Å². The zero-order chi connectivity index (χ0) is 23.6. The standard InChI is InChI=1S/C28H27BN6/c29-25-18-32-35-27(31-17-21-4-3-11-30-16-21)15-26(33-28(25)35)23-9-12-34(13-10-23)19-20-7-8-22-5-1-2-6-24(22)14-20/h1-8,11,14-16,18,23,31H,9-10,12-13,17,19H2. The Balaban J connectivity index is 1.16. The molecule has 2 radical (unpaired) electrons. The fourth-order valence-corrected chi connectivity index (χ4v) is 5.01. The van der Waals surface area contributed by atoms with Crippen LogP contribution in [-0.4, -0.2) is 45.4 Å². The fourth-order valence-electron chi connectivity index (χ4n) is 5.01. The molecule has 1 N–H and O–H groups in total. The first kappa shape index (κ1) is 21.8. The summed E-state index contributed by atoms with van der Waals surface area (Å²) >= 11 is 0. The Morgan fingerprint density at radius 1 is 0.914 bits per heavy atom. The van der Waals surface area contributed by atoms with E-state index in [1.54, 1.807) is 16.9 Å². The summed E-state index contributed by atoms with van der Waals surface area (Å²) in [5.41, 5.74) is 4.89. The molecule has 1 aliphatic rings. The predicted molar refractivity (Wildman–Crippen MR) is 141 cm³/mol. The molecule has 2 aromatic carbocycles. The Labute approximate surface area is 206 Å². The zero-order valence-corrected chi connectivity index (χ0v) is 19.6. The summed E-state index contributed by atoms with van der Waals surface area (Å²) in [6.07, 6.45) is 7.48. The van der Waals surface area contributed by atoms with E-state index in [4.69, 9.17) is 12.8 Å². The highest BCUT2D eigenvalue weighted by Gasteiger charge is 2.23. The van der Waals surface area contributed by atoms with Crippen molar-refractivity contribution in [2.75, 3.05) is 18.4 Å². The van der Waals surface area contributed by atoms with Crippen LogP contribution < -0.4 is 10.8 Å². The van der Waals surface area contributed by atoms with E-state index in [1.165, 1.54) is 16.3 Å². The Bertz CT molecular complexity index is 1460. The molecule has 5 aromatic rings. The third-order valence-corrected chi connectivity index (χ3v) is 6.94. The van der Waals surface area contributed by atoms with E-state index in [-0.39, 0.29) is 0 Å². The van der Waals surface area contributed by atoms with Crippen LogP contribution >= 0.6 is 0 Å². The SMILES string of the molecule is [B]c1cnn2c(NCc3cccnc3)cc(C3CCN(Cc4ccc5ccccc5c4)CC3)nc12. The first-order valence-electron chi connectivity index (χ1n) is 12.2. The number of benzene rings is 2. The molecule has 1 saturated heterocycles. The second-order valence-electron chi connectivity index (χ2n) is 9.35. The van der Waals surface area contributed by atoms with Crippen molar-refractivity contribution in [2.45, 2.75) is 31.8 Å². The third-order valence-electron chi connectivity index (χ3n) is 6.94. The molecule has 0 unspecified atom stereocenters. The van der Waals surface area contributed by atoms with Gasteiger partial charge in [0, 0.05) is 49.4 Å². The molecule has 0 bridgehead atoms. The Morgan fingerprint density at radius 3 is 2.60 bits per heavy atom. The lowest BCUT2D eigenvalue weighted by Crippen LogP contribution is -2.32. The molecule has 0 atom stereocenters. The van der Waals surface area contributed by atoms with Gasteiger partial charge in [0.15, 0.2) is 0 Å². The number of fused-ring (bicyclic) bond motifs is 2. The first-order valence-corrected chi connectivity index (χ1v) is 12.2. The van der Waals surface area contributed by atoms with Crippen molar-refractivity contribution in [2.24, 2.45) is 0 Å². The monoisotopic (exact) mass is 458 g/mol. The topological polar surface area (TPSA) is 58.4 Å². The van der Waals surface area contributed by atoms with E-state index >= 15 is 0 Å². The maximum atomic E-state index is 6.21. The molecule has 1 aliphatic heterocycles. The van der Waals surface area contributed by atoms with Gasteiger partial charge in [-0.25, -0.2) is 4.98 Å². The van der Waals surface area contributed by atoms with Gasteiger partial charge < -0.3 is 5.32 Å². The smallest absolute Gasteiger partial charge is 0.150 e. The molecule has 3 aromatic heterocycles. The Kier molecular flexibility index (Phi) is 5.92. The largest absolute Gasteiger partial charge is 0.366 e. The minimum Gasteiger partial charge on any atom is -0.366 e. The van der Waals surface area contributed by atoms with Crippen LogP contribution in [0.25, 0.3) is 16.4 Å². The van der Waals surface area contributed by atoms with E-state index in [0.29, 0.717) is 17.9 Å². The summed E-state index contributed by atoms with van der Waals surface area (Å²) in [6, 6.07) is 21.5. The van der Waals surface area contributed by atoms with Gasteiger partial charge in [-0.15, -0.1) is 0 Å². The van der Waals surface area contributed by atoms with Crippen molar-refractivity contribution in [3.8, 4) is 0 Å². The van der Waals surface area contributed by atoms with Crippen LogP contribution in [0.5, 0.6) is 0 Å². The fraction of sp³-hybridized carbons (Fsp3) is 0.250. The van der Waals surface area contributed by atoms with Crippen molar-refractivity contribution in [1.82, 2.24) is 24.5 Å². The molecule has 172 valence electrons.